The molecule has 598 valence electrons. The molecule has 0 atom stereocenters. The first-order chi connectivity index (χ1) is 62.4. The second kappa shape index (κ2) is 29.0. The van der Waals surface area contributed by atoms with E-state index < -0.39 is 0 Å². The fraction of sp³-hybridized carbons (Fsp3) is 0.0588. The van der Waals surface area contributed by atoms with Gasteiger partial charge in [0.25, 0.3) is 13.4 Å². The molecule has 6 heterocycles. The zero-order valence-corrected chi connectivity index (χ0v) is 70.9. The Morgan fingerprint density at radius 2 is 0.488 bits per heavy atom. The summed E-state index contributed by atoms with van der Waals surface area (Å²) in [7, 11) is 0. The van der Waals surface area contributed by atoms with Crippen molar-refractivity contribution < 1.29 is 18.9 Å². The Hall–Kier alpha value is -15.6. The molecular weight excluding hydrogens is 1540 g/mol. The molecule has 4 aliphatic heterocycles. The lowest BCUT2D eigenvalue weighted by atomic mass is 9.35. The minimum atomic E-state index is -0.123. The van der Waals surface area contributed by atoms with E-state index in [0.29, 0.717) is 5.92 Å². The minimum absolute atomic E-state index is 0.0385. The van der Waals surface area contributed by atoms with Crippen molar-refractivity contribution in [2.24, 2.45) is 0 Å². The van der Waals surface area contributed by atoms with Gasteiger partial charge in [-0.3, -0.25) is 0 Å². The predicted molar refractivity (Wildman–Crippen MR) is 532 cm³/mol. The van der Waals surface area contributed by atoms with Crippen LogP contribution in [0.15, 0.2) is 400 Å². The molecule has 4 aliphatic rings. The highest BCUT2D eigenvalue weighted by atomic mass is 16.5. The number of hydrogen-bond donors (Lipinski definition) is 0. The molecule has 0 saturated heterocycles. The summed E-state index contributed by atoms with van der Waals surface area (Å²) in [6.07, 6.45) is 0. The summed E-state index contributed by atoms with van der Waals surface area (Å²) in [5.74, 6) is 7.10. The van der Waals surface area contributed by atoms with Crippen molar-refractivity contribution in [3.63, 3.8) is 0 Å². The molecule has 22 aromatic rings. The molecule has 2 aromatic heterocycles. The largest absolute Gasteiger partial charge is 0.458 e. The van der Waals surface area contributed by atoms with Crippen molar-refractivity contribution in [3.05, 3.63) is 412 Å². The van der Waals surface area contributed by atoms with Crippen molar-refractivity contribution in [1.82, 2.24) is 9.13 Å². The van der Waals surface area contributed by atoms with Crippen LogP contribution in [0.4, 0.5) is 0 Å². The Bertz CT molecular complexity index is 8160. The van der Waals surface area contributed by atoms with E-state index in [1.165, 1.54) is 142 Å². The summed E-state index contributed by atoms with van der Waals surface area (Å²) in [5.41, 5.74) is 30.2. The Morgan fingerprint density at radius 1 is 0.220 bits per heavy atom. The highest BCUT2D eigenvalue weighted by Gasteiger charge is 2.43. The van der Waals surface area contributed by atoms with Gasteiger partial charge in [-0.25, -0.2) is 0 Å². The maximum absolute atomic E-state index is 7.15. The molecule has 0 aliphatic carbocycles. The summed E-state index contributed by atoms with van der Waals surface area (Å²) in [4.78, 5) is 0. The van der Waals surface area contributed by atoms with Crippen LogP contribution in [-0.4, -0.2) is 22.6 Å². The lowest BCUT2D eigenvalue weighted by Crippen LogP contribution is -2.57. The average Bonchev–Trinajstić information content (AvgIpc) is 1.31. The molecule has 0 N–H and O–H groups in total. The van der Waals surface area contributed by atoms with Gasteiger partial charge in [0.15, 0.2) is 0 Å². The maximum Gasteiger partial charge on any atom is 0.260 e. The smallest absolute Gasteiger partial charge is 0.260 e. The van der Waals surface area contributed by atoms with Gasteiger partial charge in [-0.05, 0) is 239 Å². The Morgan fingerprint density at radius 3 is 0.843 bits per heavy atom. The van der Waals surface area contributed by atoms with Gasteiger partial charge >= 0.3 is 0 Å². The zero-order chi connectivity index (χ0) is 84.4. The van der Waals surface area contributed by atoms with Crippen LogP contribution in [0.3, 0.4) is 0 Å². The van der Waals surface area contributed by atoms with Crippen molar-refractivity contribution in [3.8, 4) is 124 Å². The third-order valence-electron chi connectivity index (χ3n) is 27.1. The first kappa shape index (κ1) is 74.0. The fourth-order valence-corrected chi connectivity index (χ4v) is 21.3. The monoisotopic (exact) mass is 1620 g/mol. The van der Waals surface area contributed by atoms with Crippen molar-refractivity contribution in [2.45, 2.75) is 46.0 Å². The first-order valence-electron chi connectivity index (χ1n) is 44.2. The summed E-state index contributed by atoms with van der Waals surface area (Å²) in [6, 6.07) is 146. The third-order valence-corrected chi connectivity index (χ3v) is 27.1. The first-order valence-corrected chi connectivity index (χ1v) is 44.2. The molecule has 0 radical (unpaired) electrons. The quantitative estimate of drug-likeness (QED) is 0.107. The number of benzene rings is 20. The molecule has 0 spiro atoms. The molecule has 8 heteroatoms. The molecule has 0 amide bonds. The molecular formula is C119H82B2N2O4. The normalized spacial score (nSPS) is 12.7. The molecule has 6 nitrogen and oxygen atoms in total. The molecule has 0 unspecified atom stereocenters. The number of rotatable bonds is 9. The van der Waals surface area contributed by atoms with Gasteiger partial charge < -0.3 is 28.1 Å². The number of fused-ring (bicyclic) bond motifs is 18. The van der Waals surface area contributed by atoms with Crippen molar-refractivity contribution in [2.75, 3.05) is 0 Å². The van der Waals surface area contributed by atoms with Crippen LogP contribution in [0.1, 0.15) is 51.7 Å². The van der Waals surface area contributed by atoms with E-state index in [4.69, 9.17) is 18.9 Å². The summed E-state index contributed by atoms with van der Waals surface area (Å²) in [6.45, 7) is 11.4. The maximum atomic E-state index is 7.15. The van der Waals surface area contributed by atoms with Crippen LogP contribution >= 0.6 is 0 Å². The van der Waals surface area contributed by atoms with Gasteiger partial charge in [0, 0.05) is 56.0 Å². The number of aromatic nitrogens is 2. The topological polar surface area (TPSA) is 46.8 Å². The highest BCUT2D eigenvalue weighted by Crippen LogP contribution is 2.51. The Kier molecular flexibility index (Phi) is 16.9. The van der Waals surface area contributed by atoms with E-state index in [1.54, 1.807) is 0 Å². The summed E-state index contributed by atoms with van der Waals surface area (Å²) in [5, 5.41) is 14.9. The summed E-state index contributed by atoms with van der Waals surface area (Å²) < 4.78 is 32.8. The molecule has 26 rings (SSSR count). The lowest BCUT2D eigenvalue weighted by molar-refractivity contribution is 0.464. The third kappa shape index (κ3) is 11.9. The lowest BCUT2D eigenvalue weighted by Gasteiger charge is -2.33. The van der Waals surface area contributed by atoms with E-state index in [-0.39, 0.29) is 18.8 Å². The van der Waals surface area contributed by atoms with E-state index in [2.05, 4.69) is 444 Å². The fourth-order valence-electron chi connectivity index (χ4n) is 21.3. The molecule has 127 heavy (non-hydrogen) atoms. The number of hydrogen-bond acceptors (Lipinski definition) is 4. The van der Waals surface area contributed by atoms with Crippen LogP contribution in [0.5, 0.6) is 46.0 Å². The molecule has 0 fully saturated rings. The van der Waals surface area contributed by atoms with Gasteiger partial charge in [-0.1, -0.05) is 338 Å². The molecule has 0 bridgehead atoms. The second-order valence-electron chi connectivity index (χ2n) is 35.8. The summed E-state index contributed by atoms with van der Waals surface area (Å²) >= 11 is 0. The minimum Gasteiger partial charge on any atom is -0.458 e. The highest BCUT2D eigenvalue weighted by molar-refractivity contribution is 6.99. The second-order valence-corrected chi connectivity index (χ2v) is 35.8. The van der Waals surface area contributed by atoms with Crippen LogP contribution in [-0.2, 0) is 5.41 Å². The van der Waals surface area contributed by atoms with Crippen molar-refractivity contribution >= 4 is 133 Å². The van der Waals surface area contributed by atoms with Gasteiger partial charge in [-0.15, -0.1) is 0 Å². The zero-order valence-electron chi connectivity index (χ0n) is 70.9. The molecule has 0 saturated carbocycles. The molecule has 20 aromatic carbocycles. The SMILES string of the molecule is CC(C)(C)c1cc(-c2cc3c4c(c2)Oc2cc(-n5c6ccccc6c6ccccc65)ccc2B4c2ccccc2O3)cc(-c2c3ccccc3c(-c3ccccc3)c3ccccc23)c1.CC(C)c1cc(-c2cc3c4c(c2)Oc2cc(-n5c6ccccc6c6ccccc65)ccc2B4c2ccccc2O3)cc(-c2c3ccccc3c(-c3ccccc3)c3ccccc23)c1. The van der Waals surface area contributed by atoms with E-state index in [0.717, 1.165) is 112 Å². The van der Waals surface area contributed by atoms with E-state index in [1.807, 2.05) is 0 Å². The average molecular weight is 1630 g/mol. The van der Waals surface area contributed by atoms with Crippen LogP contribution in [0, 0.1) is 0 Å². The van der Waals surface area contributed by atoms with E-state index >= 15 is 0 Å². The van der Waals surface area contributed by atoms with Gasteiger partial charge in [0.1, 0.15) is 46.0 Å². The van der Waals surface area contributed by atoms with Crippen LogP contribution in [0.2, 0.25) is 0 Å². The predicted octanol–water partition coefficient (Wildman–Crippen LogP) is 28.1. The van der Waals surface area contributed by atoms with Gasteiger partial charge in [-0.2, -0.15) is 0 Å². The van der Waals surface area contributed by atoms with Gasteiger partial charge in [0.2, 0.25) is 0 Å². The van der Waals surface area contributed by atoms with Crippen molar-refractivity contribution in [1.29, 1.82) is 0 Å². The number of nitrogens with zero attached hydrogens (tertiary/aromatic N) is 2. The van der Waals surface area contributed by atoms with E-state index in [9.17, 15) is 0 Å². The standard InChI is InChI=1S/C60H42BNO2.C59H40BNO2/c1-60(2,3)41-32-38(31-40(33-41)58-47-23-9-7-21-45(47)57(37-17-5-4-6-18-37)46-22-8-10-24-48(46)58)39-34-55-59-56(35-39)64-54-36-42(29-30-50(54)61(59)49-25-13-16-28-53(49)63-55)62-51-26-14-11-19-43(51)44-20-12-15-27-52(44)62;1-36(2)38-30-39(32-41(31-38)58-47-22-8-6-20-45(47)57(37-16-4-3-5-17-37)46-21-7-9-23-48(46)58)40-33-55-59-56(34-40)63-54-35-42(28-29-50(54)60(59)49-24-12-15-27-53(49)62-55)61-51-25-13-10-18-43(51)44-19-11-14-26-52(44)61/h4-36H,1-3H3;3-36H,1-2H3. The Balaban J connectivity index is 0.000000138. The number of ether oxygens (including phenoxy) is 4. The van der Waals surface area contributed by atoms with Gasteiger partial charge in [0.05, 0.1) is 22.1 Å². The van der Waals surface area contributed by atoms with Crippen LogP contribution < -0.4 is 51.7 Å². The van der Waals surface area contributed by atoms with Crippen LogP contribution in [0.25, 0.3) is 165 Å². The number of para-hydroxylation sites is 6. The Labute approximate surface area is 737 Å².